The molecule has 2 heterocycles. The summed E-state index contributed by atoms with van der Waals surface area (Å²) in [5, 5.41) is 13.3. The van der Waals surface area contributed by atoms with Crippen LogP contribution in [0.5, 0.6) is 0 Å². The average Bonchev–Trinajstić information content (AvgIpc) is 3.26. The van der Waals surface area contributed by atoms with E-state index in [2.05, 4.69) is 20.7 Å². The van der Waals surface area contributed by atoms with Crippen molar-refractivity contribution in [3.05, 3.63) is 42.1 Å². The van der Waals surface area contributed by atoms with E-state index in [9.17, 15) is 13.2 Å². The second-order valence-corrected chi connectivity index (χ2v) is 6.95. The Morgan fingerprint density at radius 2 is 2.08 bits per heavy atom. The molecule has 0 spiro atoms. The van der Waals surface area contributed by atoms with Gasteiger partial charge in [-0.05, 0) is 18.2 Å². The van der Waals surface area contributed by atoms with Gasteiger partial charge in [0, 0.05) is 11.6 Å². The van der Waals surface area contributed by atoms with Gasteiger partial charge in [0.15, 0.2) is 9.84 Å². The highest BCUT2D eigenvalue weighted by molar-refractivity contribution is 7.91. The Hall–Kier alpha value is -3.01. The predicted octanol–water partition coefficient (Wildman–Crippen LogP) is 1.77. The Balaban J connectivity index is 1.80. The molecule has 0 bridgehead atoms. The molecule has 3 rings (SSSR count). The largest absolute Gasteiger partial charge is 0.400 e. The van der Waals surface area contributed by atoms with Gasteiger partial charge in [0.25, 0.3) is 11.8 Å². The third-order valence-electron chi connectivity index (χ3n) is 3.13. The lowest BCUT2D eigenvalue weighted by atomic mass is 10.2. The molecule has 1 amide bonds. The standard InChI is InChI=1S/C14H12N4O5S/c1-2-24(20,21)10-5-3-4-9(8-10)12(19)16-14-18-17-13(22-14)11-6-7-15-23-11/h3-8H,2H2,1H3,(H,16,18,19). The van der Waals surface area contributed by atoms with Crippen LogP contribution in [0.1, 0.15) is 17.3 Å². The first-order valence-electron chi connectivity index (χ1n) is 6.88. The molecular formula is C14H12N4O5S. The van der Waals surface area contributed by atoms with Gasteiger partial charge >= 0.3 is 6.01 Å². The van der Waals surface area contributed by atoms with Gasteiger partial charge in [-0.15, -0.1) is 5.10 Å². The minimum Gasteiger partial charge on any atom is -0.400 e. The zero-order chi connectivity index (χ0) is 17.2. The molecule has 0 atom stereocenters. The summed E-state index contributed by atoms with van der Waals surface area (Å²) in [5.74, 6) is -0.303. The van der Waals surface area contributed by atoms with Crippen molar-refractivity contribution < 1.29 is 22.2 Å². The van der Waals surface area contributed by atoms with Gasteiger partial charge in [-0.3, -0.25) is 10.1 Å². The fourth-order valence-electron chi connectivity index (χ4n) is 1.87. The average molecular weight is 348 g/mol. The number of rotatable bonds is 5. The van der Waals surface area contributed by atoms with Crippen LogP contribution in [-0.2, 0) is 9.84 Å². The Kier molecular flexibility index (Phi) is 4.13. The lowest BCUT2D eigenvalue weighted by Crippen LogP contribution is -2.13. The highest BCUT2D eigenvalue weighted by Gasteiger charge is 2.17. The quantitative estimate of drug-likeness (QED) is 0.738. The summed E-state index contributed by atoms with van der Waals surface area (Å²) in [7, 11) is -3.40. The molecule has 1 aromatic carbocycles. The van der Waals surface area contributed by atoms with Crippen LogP contribution in [0, 0.1) is 0 Å². The number of hydrogen-bond donors (Lipinski definition) is 1. The molecule has 1 N–H and O–H groups in total. The van der Waals surface area contributed by atoms with Crippen molar-refractivity contribution in [2.75, 3.05) is 11.1 Å². The first-order valence-corrected chi connectivity index (χ1v) is 8.53. The van der Waals surface area contributed by atoms with E-state index in [4.69, 9.17) is 8.94 Å². The first kappa shape index (κ1) is 15.9. The molecular weight excluding hydrogens is 336 g/mol. The number of nitrogens with zero attached hydrogens (tertiary/aromatic N) is 3. The van der Waals surface area contributed by atoms with E-state index in [-0.39, 0.29) is 33.9 Å². The number of carbonyl (C=O) groups excluding carboxylic acids is 1. The molecule has 0 aliphatic heterocycles. The minimum absolute atomic E-state index is 0.0533. The van der Waals surface area contributed by atoms with E-state index in [0.29, 0.717) is 0 Å². The lowest BCUT2D eigenvalue weighted by molar-refractivity contribution is 0.102. The predicted molar refractivity (Wildman–Crippen MR) is 81.9 cm³/mol. The molecule has 0 aliphatic rings. The van der Waals surface area contributed by atoms with Crippen molar-refractivity contribution in [3.63, 3.8) is 0 Å². The van der Waals surface area contributed by atoms with Crippen LogP contribution >= 0.6 is 0 Å². The summed E-state index contributed by atoms with van der Waals surface area (Å²) in [4.78, 5) is 12.3. The number of anilines is 1. The van der Waals surface area contributed by atoms with Gasteiger partial charge < -0.3 is 8.94 Å². The third-order valence-corrected chi connectivity index (χ3v) is 4.86. The fraction of sp³-hybridized carbons (Fsp3) is 0.143. The van der Waals surface area contributed by atoms with E-state index in [1.807, 2.05) is 0 Å². The van der Waals surface area contributed by atoms with Crippen molar-refractivity contribution in [2.24, 2.45) is 0 Å². The number of aromatic nitrogens is 3. The SMILES string of the molecule is CCS(=O)(=O)c1cccc(C(=O)Nc2nnc(-c3ccno3)o2)c1. The molecule has 2 aromatic heterocycles. The molecule has 9 nitrogen and oxygen atoms in total. The maximum atomic E-state index is 12.2. The number of benzene rings is 1. The molecule has 0 saturated heterocycles. The second-order valence-electron chi connectivity index (χ2n) is 4.67. The number of sulfone groups is 1. The zero-order valence-corrected chi connectivity index (χ0v) is 13.3. The maximum absolute atomic E-state index is 12.2. The molecule has 0 radical (unpaired) electrons. The molecule has 24 heavy (non-hydrogen) atoms. The molecule has 10 heteroatoms. The van der Waals surface area contributed by atoms with Crippen molar-refractivity contribution in [2.45, 2.75) is 11.8 Å². The first-order chi connectivity index (χ1) is 11.5. The summed E-state index contributed by atoms with van der Waals surface area (Å²) < 4.78 is 33.9. The van der Waals surface area contributed by atoms with Gasteiger partial charge in [-0.25, -0.2) is 8.42 Å². The van der Waals surface area contributed by atoms with Crippen LogP contribution in [-0.4, -0.2) is 35.4 Å². The number of hydrogen-bond acceptors (Lipinski definition) is 8. The molecule has 0 unspecified atom stereocenters. The lowest BCUT2D eigenvalue weighted by Gasteiger charge is -2.04. The number of nitrogens with one attached hydrogen (secondary N) is 1. The van der Waals surface area contributed by atoms with Gasteiger partial charge in [-0.2, -0.15) is 0 Å². The highest BCUT2D eigenvalue weighted by atomic mass is 32.2. The highest BCUT2D eigenvalue weighted by Crippen LogP contribution is 2.19. The van der Waals surface area contributed by atoms with E-state index in [0.717, 1.165) is 0 Å². The maximum Gasteiger partial charge on any atom is 0.322 e. The van der Waals surface area contributed by atoms with Crippen molar-refractivity contribution in [1.29, 1.82) is 0 Å². The molecule has 0 aliphatic carbocycles. The summed E-state index contributed by atoms with van der Waals surface area (Å²) >= 11 is 0. The smallest absolute Gasteiger partial charge is 0.322 e. The van der Waals surface area contributed by atoms with Gasteiger partial charge in [0.1, 0.15) is 0 Å². The van der Waals surface area contributed by atoms with Crippen LogP contribution in [0.3, 0.4) is 0 Å². The van der Waals surface area contributed by atoms with Crippen LogP contribution in [0.15, 0.2) is 50.4 Å². The fourth-order valence-corrected chi connectivity index (χ4v) is 2.79. The summed E-state index contributed by atoms with van der Waals surface area (Å²) in [6.07, 6.45) is 1.41. The molecule has 0 fully saturated rings. The summed E-state index contributed by atoms with van der Waals surface area (Å²) in [6.45, 7) is 1.53. The molecule has 0 saturated carbocycles. The third kappa shape index (κ3) is 3.18. The Morgan fingerprint density at radius 1 is 1.25 bits per heavy atom. The minimum atomic E-state index is -3.40. The van der Waals surface area contributed by atoms with E-state index >= 15 is 0 Å². The molecule has 124 valence electrons. The monoisotopic (exact) mass is 348 g/mol. The topological polar surface area (TPSA) is 128 Å². The van der Waals surface area contributed by atoms with Crippen LogP contribution in [0.4, 0.5) is 6.01 Å². The van der Waals surface area contributed by atoms with Crippen molar-refractivity contribution in [1.82, 2.24) is 15.4 Å². The summed E-state index contributed by atoms with van der Waals surface area (Å²) in [5.41, 5.74) is 0.156. The number of amides is 1. The van der Waals surface area contributed by atoms with Crippen LogP contribution in [0.25, 0.3) is 11.7 Å². The van der Waals surface area contributed by atoms with Gasteiger partial charge in [-0.1, -0.05) is 23.2 Å². The van der Waals surface area contributed by atoms with E-state index < -0.39 is 15.7 Å². The van der Waals surface area contributed by atoms with Crippen LogP contribution < -0.4 is 5.32 Å². The van der Waals surface area contributed by atoms with Crippen LogP contribution in [0.2, 0.25) is 0 Å². The normalized spacial score (nSPS) is 11.4. The van der Waals surface area contributed by atoms with Crippen molar-refractivity contribution in [3.8, 4) is 11.7 Å². The Bertz CT molecular complexity index is 963. The number of carbonyl (C=O) groups is 1. The molecule has 3 aromatic rings. The zero-order valence-electron chi connectivity index (χ0n) is 12.5. The Morgan fingerprint density at radius 3 is 2.79 bits per heavy atom. The Labute approximate surface area is 136 Å². The van der Waals surface area contributed by atoms with Gasteiger partial charge in [0.2, 0.25) is 5.76 Å². The van der Waals surface area contributed by atoms with E-state index in [1.54, 1.807) is 0 Å². The van der Waals surface area contributed by atoms with Gasteiger partial charge in [0.05, 0.1) is 16.8 Å². The second kappa shape index (κ2) is 6.24. The van der Waals surface area contributed by atoms with E-state index in [1.165, 1.54) is 43.5 Å². The van der Waals surface area contributed by atoms with Crippen molar-refractivity contribution >= 4 is 21.8 Å². The summed E-state index contributed by atoms with van der Waals surface area (Å²) in [6, 6.07) is 7.09.